The molecule has 1 fully saturated rings. The molecule has 0 spiro atoms. The molecule has 0 radical (unpaired) electrons. The molecule has 0 bridgehead atoms. The van der Waals surface area contributed by atoms with Gasteiger partial charge in [-0.05, 0) is 51.3 Å². The molecular weight excluding hydrogens is 478 g/mol. The molecule has 4 rings (SSSR count). The third-order valence-electron chi connectivity index (χ3n) is 6.65. The number of amides is 2. The number of carbonyl (C=O) groups excluding carboxylic acids is 2. The number of aromatic nitrogens is 2. The second kappa shape index (κ2) is 11.0. The fourth-order valence-corrected chi connectivity index (χ4v) is 4.93. The summed E-state index contributed by atoms with van der Waals surface area (Å²) in [7, 11) is 0. The number of H-pyrrole nitrogens is 1. The molecule has 0 saturated carbocycles. The Morgan fingerprint density at radius 1 is 1.05 bits per heavy atom. The Labute approximate surface area is 213 Å². The number of aryl methyl sites for hydroxylation is 3. The second-order valence-electron chi connectivity index (χ2n) is 9.62. The first-order valence-corrected chi connectivity index (χ1v) is 12.3. The van der Waals surface area contributed by atoms with Crippen LogP contribution < -0.4 is 10.9 Å². The minimum atomic E-state index is -0.747. The van der Waals surface area contributed by atoms with Crippen LogP contribution in [0.3, 0.4) is 0 Å². The van der Waals surface area contributed by atoms with E-state index in [9.17, 15) is 23.2 Å². The van der Waals surface area contributed by atoms with Gasteiger partial charge in [0.25, 0.3) is 11.5 Å². The predicted molar refractivity (Wildman–Crippen MR) is 135 cm³/mol. The third-order valence-corrected chi connectivity index (χ3v) is 6.65. The van der Waals surface area contributed by atoms with Crippen molar-refractivity contribution in [3.8, 4) is 0 Å². The summed E-state index contributed by atoms with van der Waals surface area (Å²) in [5.41, 5.74) is 2.73. The van der Waals surface area contributed by atoms with E-state index in [4.69, 9.17) is 0 Å². The summed E-state index contributed by atoms with van der Waals surface area (Å²) in [6.45, 7) is 6.55. The van der Waals surface area contributed by atoms with Crippen LogP contribution in [-0.2, 0) is 17.8 Å². The summed E-state index contributed by atoms with van der Waals surface area (Å²) >= 11 is 0. The molecule has 1 saturated heterocycles. The van der Waals surface area contributed by atoms with E-state index >= 15 is 0 Å². The van der Waals surface area contributed by atoms with E-state index in [0.717, 1.165) is 28.8 Å². The molecule has 0 atom stereocenters. The van der Waals surface area contributed by atoms with Gasteiger partial charge >= 0.3 is 0 Å². The van der Waals surface area contributed by atoms with Crippen molar-refractivity contribution in [1.29, 1.82) is 0 Å². The molecular formula is C28H30F2N4O3. The Hall–Kier alpha value is -3.88. The monoisotopic (exact) mass is 508 g/mol. The number of nitrogens with zero attached hydrogens (tertiary/aromatic N) is 2. The zero-order chi connectivity index (χ0) is 26.7. The summed E-state index contributed by atoms with van der Waals surface area (Å²) < 4.78 is 28.0. The van der Waals surface area contributed by atoms with Crippen LogP contribution in [0.25, 0.3) is 0 Å². The third kappa shape index (κ3) is 6.10. The number of benzene rings is 2. The van der Waals surface area contributed by atoms with Crippen LogP contribution in [-0.4, -0.2) is 39.8 Å². The van der Waals surface area contributed by atoms with E-state index in [1.807, 2.05) is 32.0 Å². The molecule has 7 nitrogen and oxygen atoms in total. The van der Waals surface area contributed by atoms with E-state index in [1.54, 1.807) is 11.8 Å². The molecule has 0 unspecified atom stereocenters. The van der Waals surface area contributed by atoms with Crippen molar-refractivity contribution in [2.24, 2.45) is 0 Å². The summed E-state index contributed by atoms with van der Waals surface area (Å²) in [5, 5.41) is 2.84. The van der Waals surface area contributed by atoms with Gasteiger partial charge in [-0.2, -0.15) is 0 Å². The van der Waals surface area contributed by atoms with Gasteiger partial charge in [-0.3, -0.25) is 14.4 Å². The molecule has 2 amide bonds. The number of piperidine rings is 1. The van der Waals surface area contributed by atoms with Crippen LogP contribution in [0.1, 0.15) is 62.9 Å². The number of likely N-dealkylation sites (tertiary alicyclic amines) is 1. The fourth-order valence-electron chi connectivity index (χ4n) is 4.93. The number of rotatable bonds is 6. The number of hydrogen-bond acceptors (Lipinski definition) is 4. The quantitative estimate of drug-likeness (QED) is 0.529. The largest absolute Gasteiger partial charge is 0.348 e. The van der Waals surface area contributed by atoms with Crippen LogP contribution in [0.5, 0.6) is 0 Å². The lowest BCUT2D eigenvalue weighted by atomic mass is 9.90. The van der Waals surface area contributed by atoms with Crippen molar-refractivity contribution in [3.63, 3.8) is 0 Å². The maximum Gasteiger partial charge on any atom is 0.264 e. The molecule has 1 aliphatic heterocycles. The van der Waals surface area contributed by atoms with Gasteiger partial charge in [0.15, 0.2) is 0 Å². The SMILES string of the molecule is Cc1cc(C)cc(CNC(=O)c2c(C3CCN(C(=O)Cc4c(F)cccc4F)CC3)nc(C)[nH]c2=O)c1. The predicted octanol–water partition coefficient (Wildman–Crippen LogP) is 3.85. The first kappa shape index (κ1) is 26.2. The zero-order valence-corrected chi connectivity index (χ0v) is 21.2. The van der Waals surface area contributed by atoms with Gasteiger partial charge in [-0.25, -0.2) is 13.8 Å². The summed E-state index contributed by atoms with van der Waals surface area (Å²) in [6, 6.07) is 9.52. The maximum absolute atomic E-state index is 14.0. The minimum absolute atomic E-state index is 0.0202. The van der Waals surface area contributed by atoms with Crippen LogP contribution in [0.2, 0.25) is 0 Å². The molecule has 1 aromatic heterocycles. The molecule has 194 valence electrons. The minimum Gasteiger partial charge on any atom is -0.348 e. The number of carbonyl (C=O) groups is 2. The highest BCUT2D eigenvalue weighted by atomic mass is 19.1. The topological polar surface area (TPSA) is 95.2 Å². The van der Waals surface area contributed by atoms with Crippen molar-refractivity contribution in [3.05, 3.63) is 97.7 Å². The second-order valence-corrected chi connectivity index (χ2v) is 9.62. The van der Waals surface area contributed by atoms with Crippen molar-refractivity contribution in [2.75, 3.05) is 13.1 Å². The van der Waals surface area contributed by atoms with Crippen molar-refractivity contribution >= 4 is 11.8 Å². The zero-order valence-electron chi connectivity index (χ0n) is 21.2. The number of halogens is 2. The Balaban J connectivity index is 1.46. The summed E-state index contributed by atoms with van der Waals surface area (Å²) in [6.07, 6.45) is 0.578. The van der Waals surface area contributed by atoms with E-state index in [2.05, 4.69) is 15.3 Å². The number of aromatic amines is 1. The molecule has 9 heteroatoms. The van der Waals surface area contributed by atoms with Gasteiger partial charge in [0.05, 0.1) is 12.1 Å². The Morgan fingerprint density at radius 2 is 1.68 bits per heavy atom. The van der Waals surface area contributed by atoms with Crippen molar-refractivity contribution in [1.82, 2.24) is 20.2 Å². The summed E-state index contributed by atoms with van der Waals surface area (Å²) in [5.74, 6) is -2.18. The molecule has 37 heavy (non-hydrogen) atoms. The Morgan fingerprint density at radius 3 is 2.30 bits per heavy atom. The van der Waals surface area contributed by atoms with Crippen molar-refractivity contribution < 1.29 is 18.4 Å². The molecule has 1 aliphatic rings. The van der Waals surface area contributed by atoms with Gasteiger partial charge in [0.2, 0.25) is 5.91 Å². The van der Waals surface area contributed by atoms with Gasteiger partial charge in [-0.1, -0.05) is 35.4 Å². The Kier molecular flexibility index (Phi) is 7.80. The standard InChI is InChI=1S/C28H30F2N4O3/c1-16-11-17(2)13-19(12-16)15-31-27(36)25-26(32-18(3)33-28(25)37)20-7-9-34(10-8-20)24(35)14-21-22(29)5-4-6-23(21)30/h4-6,11-13,20H,7-10,14-15H2,1-3H3,(H,31,36)(H,32,33,37). The lowest BCUT2D eigenvalue weighted by Crippen LogP contribution is -2.40. The van der Waals surface area contributed by atoms with Crippen LogP contribution >= 0.6 is 0 Å². The maximum atomic E-state index is 14.0. The van der Waals surface area contributed by atoms with E-state index in [1.165, 1.54) is 6.07 Å². The van der Waals surface area contributed by atoms with Gasteiger partial charge in [0, 0.05) is 31.1 Å². The van der Waals surface area contributed by atoms with Crippen LogP contribution in [0, 0.1) is 32.4 Å². The Bertz CT molecular complexity index is 1350. The lowest BCUT2D eigenvalue weighted by molar-refractivity contribution is -0.131. The van der Waals surface area contributed by atoms with Gasteiger partial charge in [-0.15, -0.1) is 0 Å². The molecule has 0 aliphatic carbocycles. The number of hydrogen-bond donors (Lipinski definition) is 2. The van der Waals surface area contributed by atoms with Gasteiger partial charge in [0.1, 0.15) is 23.0 Å². The molecule has 3 aromatic rings. The van der Waals surface area contributed by atoms with Crippen LogP contribution in [0.15, 0.2) is 41.2 Å². The highest BCUT2D eigenvalue weighted by Crippen LogP contribution is 2.29. The number of nitrogens with one attached hydrogen (secondary N) is 2. The average molecular weight is 509 g/mol. The average Bonchev–Trinajstić information content (AvgIpc) is 2.84. The molecule has 2 heterocycles. The fraction of sp³-hybridized carbons (Fsp3) is 0.357. The first-order valence-electron chi connectivity index (χ1n) is 12.3. The smallest absolute Gasteiger partial charge is 0.264 e. The van der Waals surface area contributed by atoms with E-state index in [0.29, 0.717) is 37.4 Å². The lowest BCUT2D eigenvalue weighted by Gasteiger charge is -2.32. The first-order chi connectivity index (χ1) is 17.6. The van der Waals surface area contributed by atoms with Crippen LogP contribution in [0.4, 0.5) is 8.78 Å². The van der Waals surface area contributed by atoms with Gasteiger partial charge < -0.3 is 15.2 Å². The van der Waals surface area contributed by atoms with Crippen molar-refractivity contribution in [2.45, 2.75) is 52.5 Å². The highest BCUT2D eigenvalue weighted by molar-refractivity contribution is 5.95. The molecule has 2 aromatic carbocycles. The molecule has 2 N–H and O–H groups in total. The van der Waals surface area contributed by atoms with E-state index in [-0.39, 0.29) is 35.9 Å². The normalized spacial score (nSPS) is 14.0. The summed E-state index contributed by atoms with van der Waals surface area (Å²) in [4.78, 5) is 47.3. The highest BCUT2D eigenvalue weighted by Gasteiger charge is 2.30. The van der Waals surface area contributed by atoms with E-state index < -0.39 is 23.1 Å².